The second-order valence-electron chi connectivity index (χ2n) is 4.03. The van der Waals surface area contributed by atoms with E-state index in [0.29, 0.717) is 5.92 Å². The summed E-state index contributed by atoms with van der Waals surface area (Å²) in [7, 11) is 0. The van der Waals surface area contributed by atoms with E-state index in [1.807, 2.05) is 0 Å². The van der Waals surface area contributed by atoms with Gasteiger partial charge in [-0.25, -0.2) is 0 Å². The third kappa shape index (κ3) is 1.46. The van der Waals surface area contributed by atoms with Crippen molar-refractivity contribution in [3.63, 3.8) is 0 Å². The van der Waals surface area contributed by atoms with Crippen LogP contribution in [0.5, 0.6) is 0 Å². The number of carboxylic acids is 1. The summed E-state index contributed by atoms with van der Waals surface area (Å²) in [5.74, 6) is 0.630. The summed E-state index contributed by atoms with van der Waals surface area (Å²) in [5, 5.41) is 12.1. The first-order chi connectivity index (χ1) is 6.14. The number of carboxylic acid groups (broad SMARTS) is 1. The van der Waals surface area contributed by atoms with Gasteiger partial charge in [-0.2, -0.15) is 0 Å². The van der Waals surface area contributed by atoms with Gasteiger partial charge in [0.25, 0.3) is 0 Å². The maximum atomic E-state index is 10.8. The fourth-order valence-corrected chi connectivity index (χ4v) is 3.93. The summed E-state index contributed by atoms with van der Waals surface area (Å²) in [4.78, 5) is 10.9. The lowest BCUT2D eigenvalue weighted by molar-refractivity contribution is -0.138. The van der Waals surface area contributed by atoms with Gasteiger partial charge >= 0.3 is 5.97 Å². The van der Waals surface area contributed by atoms with Gasteiger partial charge in [-0.15, -0.1) is 11.8 Å². The summed E-state index contributed by atoms with van der Waals surface area (Å²) in [5.41, 5.74) is 0. The van der Waals surface area contributed by atoms with Gasteiger partial charge in [0.05, 0.1) is 4.87 Å². The van der Waals surface area contributed by atoms with Crippen LogP contribution < -0.4 is 5.32 Å². The van der Waals surface area contributed by atoms with Crippen molar-refractivity contribution in [2.45, 2.75) is 37.1 Å². The van der Waals surface area contributed by atoms with Crippen LogP contribution in [0.15, 0.2) is 0 Å². The zero-order valence-corrected chi connectivity index (χ0v) is 8.56. The third-order valence-corrected chi connectivity index (χ3v) is 4.95. The molecule has 1 heterocycles. The largest absolute Gasteiger partial charge is 0.480 e. The highest BCUT2D eigenvalue weighted by molar-refractivity contribution is 8.01. The molecule has 1 aliphatic carbocycles. The van der Waals surface area contributed by atoms with E-state index >= 15 is 0 Å². The van der Waals surface area contributed by atoms with E-state index in [0.717, 1.165) is 12.2 Å². The summed E-state index contributed by atoms with van der Waals surface area (Å²) in [6, 6.07) is -0.328. The Kier molecular flexibility index (Phi) is 2.28. The fourth-order valence-electron chi connectivity index (χ4n) is 2.32. The van der Waals surface area contributed by atoms with Crippen molar-refractivity contribution in [3.8, 4) is 0 Å². The van der Waals surface area contributed by atoms with Crippen LogP contribution in [0.4, 0.5) is 0 Å². The smallest absolute Gasteiger partial charge is 0.321 e. The molecule has 2 fully saturated rings. The van der Waals surface area contributed by atoms with Gasteiger partial charge in [-0.05, 0) is 18.8 Å². The lowest BCUT2D eigenvalue weighted by atomic mass is 10.1. The Bertz CT molecular complexity index is 234. The van der Waals surface area contributed by atoms with E-state index in [2.05, 4.69) is 12.2 Å². The van der Waals surface area contributed by atoms with E-state index in [-0.39, 0.29) is 10.9 Å². The molecule has 1 spiro atoms. The normalized spacial score (nSPS) is 44.4. The van der Waals surface area contributed by atoms with Crippen molar-refractivity contribution >= 4 is 17.7 Å². The number of hydrogen-bond acceptors (Lipinski definition) is 3. The minimum absolute atomic E-state index is 0.0864. The molecule has 1 saturated carbocycles. The first-order valence-electron chi connectivity index (χ1n) is 4.78. The number of rotatable bonds is 1. The first-order valence-corrected chi connectivity index (χ1v) is 5.77. The number of nitrogens with one attached hydrogen (secondary N) is 1. The Morgan fingerprint density at radius 2 is 2.46 bits per heavy atom. The van der Waals surface area contributed by atoms with Gasteiger partial charge in [0, 0.05) is 5.75 Å². The molecular formula is C9H15NO2S. The van der Waals surface area contributed by atoms with Crippen molar-refractivity contribution in [2.24, 2.45) is 5.92 Å². The molecule has 13 heavy (non-hydrogen) atoms. The van der Waals surface area contributed by atoms with Crippen LogP contribution in [0, 0.1) is 5.92 Å². The van der Waals surface area contributed by atoms with E-state index in [1.165, 1.54) is 12.8 Å². The minimum Gasteiger partial charge on any atom is -0.480 e. The van der Waals surface area contributed by atoms with Crippen molar-refractivity contribution in [1.82, 2.24) is 5.32 Å². The van der Waals surface area contributed by atoms with Gasteiger partial charge in [0.15, 0.2) is 0 Å². The zero-order valence-electron chi connectivity index (χ0n) is 7.75. The molecular weight excluding hydrogens is 186 g/mol. The van der Waals surface area contributed by atoms with Crippen molar-refractivity contribution in [2.75, 3.05) is 5.75 Å². The SMILES string of the molecule is CC1CCCC12N[C@@H](C(=O)O)CS2. The molecule has 4 heteroatoms. The Hall–Kier alpha value is -0.220. The average molecular weight is 201 g/mol. The van der Waals surface area contributed by atoms with Crippen molar-refractivity contribution in [1.29, 1.82) is 0 Å². The standard InChI is InChI=1S/C9H15NO2S/c1-6-3-2-4-9(6)10-7(5-13-9)8(11)12/h6-7,10H,2-5H2,1H3,(H,11,12)/t6?,7-,9?/m1/s1. The molecule has 0 radical (unpaired) electrons. The van der Waals surface area contributed by atoms with E-state index in [9.17, 15) is 4.79 Å². The van der Waals surface area contributed by atoms with Crippen molar-refractivity contribution in [3.05, 3.63) is 0 Å². The molecule has 0 aromatic rings. The monoisotopic (exact) mass is 201 g/mol. The number of aliphatic carboxylic acids is 1. The minimum atomic E-state index is -0.705. The van der Waals surface area contributed by atoms with E-state index in [4.69, 9.17) is 5.11 Å². The Balaban J connectivity index is 2.07. The highest BCUT2D eigenvalue weighted by Gasteiger charge is 2.47. The van der Waals surface area contributed by atoms with E-state index in [1.54, 1.807) is 11.8 Å². The molecule has 74 valence electrons. The summed E-state index contributed by atoms with van der Waals surface area (Å²) < 4.78 is 0. The van der Waals surface area contributed by atoms with Crippen LogP contribution in [0.1, 0.15) is 26.2 Å². The van der Waals surface area contributed by atoms with Gasteiger partial charge in [-0.1, -0.05) is 13.3 Å². The maximum absolute atomic E-state index is 10.8. The lowest BCUT2D eigenvalue weighted by Crippen LogP contribution is -2.46. The highest BCUT2D eigenvalue weighted by Crippen LogP contribution is 2.47. The van der Waals surface area contributed by atoms with Crippen LogP contribution in [-0.4, -0.2) is 27.7 Å². The predicted molar refractivity (Wildman–Crippen MR) is 52.8 cm³/mol. The topological polar surface area (TPSA) is 49.3 Å². The molecule has 0 aromatic heterocycles. The molecule has 2 aliphatic rings. The molecule has 3 nitrogen and oxygen atoms in total. The molecule has 3 atom stereocenters. The van der Waals surface area contributed by atoms with Gasteiger partial charge in [0.1, 0.15) is 6.04 Å². The second kappa shape index (κ2) is 3.17. The lowest BCUT2D eigenvalue weighted by Gasteiger charge is -2.28. The maximum Gasteiger partial charge on any atom is 0.321 e. The van der Waals surface area contributed by atoms with Crippen LogP contribution in [0.3, 0.4) is 0 Å². The first kappa shape index (κ1) is 9.34. The predicted octanol–water partition coefficient (Wildman–Crippen LogP) is 1.29. The Morgan fingerprint density at radius 1 is 1.69 bits per heavy atom. The van der Waals surface area contributed by atoms with E-state index < -0.39 is 5.97 Å². The molecule has 1 aliphatic heterocycles. The zero-order chi connectivity index (χ0) is 9.47. The summed E-state index contributed by atoms with van der Waals surface area (Å²) >= 11 is 1.80. The van der Waals surface area contributed by atoms with Crippen LogP contribution in [0.25, 0.3) is 0 Å². The number of carbonyl (C=O) groups is 1. The quantitative estimate of drug-likeness (QED) is 0.671. The second-order valence-corrected chi connectivity index (χ2v) is 5.38. The molecule has 0 aromatic carbocycles. The molecule has 2 unspecified atom stereocenters. The third-order valence-electron chi connectivity index (χ3n) is 3.21. The number of thioether (sulfide) groups is 1. The average Bonchev–Trinajstić information content (AvgIpc) is 2.63. The van der Waals surface area contributed by atoms with Crippen molar-refractivity contribution < 1.29 is 9.90 Å². The molecule has 1 saturated heterocycles. The molecule has 2 rings (SSSR count). The van der Waals surface area contributed by atoms with Crippen LogP contribution in [-0.2, 0) is 4.79 Å². The highest BCUT2D eigenvalue weighted by atomic mass is 32.2. The Labute approximate surface area is 82.3 Å². The molecule has 0 bridgehead atoms. The summed E-state index contributed by atoms with van der Waals surface area (Å²) in [6.45, 7) is 2.22. The van der Waals surface area contributed by atoms with Gasteiger partial charge in [0.2, 0.25) is 0 Å². The molecule has 2 N–H and O–H groups in total. The number of hydrogen-bond donors (Lipinski definition) is 2. The van der Waals surface area contributed by atoms with Crippen LogP contribution >= 0.6 is 11.8 Å². The van der Waals surface area contributed by atoms with Crippen LogP contribution in [0.2, 0.25) is 0 Å². The molecule has 0 amide bonds. The Morgan fingerprint density at radius 3 is 2.92 bits per heavy atom. The van der Waals surface area contributed by atoms with Gasteiger partial charge in [-0.3, -0.25) is 10.1 Å². The fraction of sp³-hybridized carbons (Fsp3) is 0.889. The van der Waals surface area contributed by atoms with Gasteiger partial charge < -0.3 is 5.11 Å². The summed E-state index contributed by atoms with van der Waals surface area (Å²) in [6.07, 6.45) is 3.59.